The van der Waals surface area contributed by atoms with E-state index in [1.165, 1.54) is 12.0 Å². The maximum atomic E-state index is 14.1. The van der Waals surface area contributed by atoms with E-state index in [1.54, 1.807) is 20.8 Å². The summed E-state index contributed by atoms with van der Waals surface area (Å²) >= 11 is 0. The molecular weight excluding hydrogens is 504 g/mol. The largest absolute Gasteiger partial charge is 0.468 e. The van der Waals surface area contributed by atoms with Crippen molar-refractivity contribution in [3.8, 4) is 0 Å². The Morgan fingerprint density at radius 3 is 2.31 bits per heavy atom. The van der Waals surface area contributed by atoms with Crippen LogP contribution in [0.2, 0.25) is 0 Å². The number of benzene rings is 1. The zero-order valence-electron chi connectivity index (χ0n) is 24.2. The fourth-order valence-electron chi connectivity index (χ4n) is 3.93. The van der Waals surface area contributed by atoms with Crippen molar-refractivity contribution in [2.24, 2.45) is 5.73 Å². The van der Waals surface area contributed by atoms with Gasteiger partial charge in [0.1, 0.15) is 24.2 Å². The van der Waals surface area contributed by atoms with Crippen LogP contribution in [0.1, 0.15) is 82.5 Å². The molecule has 0 heterocycles. The topological polar surface area (TPSA) is 157 Å². The number of nitrogens with two attached hydrogens (primary N) is 1. The number of carbonyl (C=O) groups is 5. The van der Waals surface area contributed by atoms with Crippen LogP contribution < -0.4 is 16.4 Å². The normalized spacial score (nSPS) is 12.6. The first-order valence-corrected chi connectivity index (χ1v) is 13.2. The maximum absolute atomic E-state index is 14.1. The molecule has 0 fully saturated rings. The molecule has 11 nitrogen and oxygen atoms in total. The predicted octanol–water partition coefficient (Wildman–Crippen LogP) is 2.81. The summed E-state index contributed by atoms with van der Waals surface area (Å²) in [5.41, 5.74) is 6.74. The van der Waals surface area contributed by atoms with Gasteiger partial charge in [-0.1, -0.05) is 43.5 Å². The zero-order valence-corrected chi connectivity index (χ0v) is 24.2. The third-order valence-corrected chi connectivity index (χ3v) is 5.88. The van der Waals surface area contributed by atoms with Crippen molar-refractivity contribution in [1.82, 2.24) is 15.5 Å². The number of unbranched alkanes of at least 4 members (excludes halogenated alkanes) is 2. The highest BCUT2D eigenvalue weighted by molar-refractivity contribution is 5.93. The molecule has 0 aliphatic heterocycles. The first kappa shape index (κ1) is 33.4. The summed E-state index contributed by atoms with van der Waals surface area (Å²) in [6.45, 7) is 10.6. The number of hydrogen-bond acceptors (Lipinski definition) is 7. The number of hydrogen-bond donors (Lipinski definition) is 3. The Labute approximate surface area is 231 Å². The van der Waals surface area contributed by atoms with Crippen LogP contribution in [-0.4, -0.2) is 66.5 Å². The Hall–Kier alpha value is -3.63. The van der Waals surface area contributed by atoms with Gasteiger partial charge < -0.3 is 30.7 Å². The molecule has 4 amide bonds. The quantitative estimate of drug-likeness (QED) is 0.238. The molecule has 39 heavy (non-hydrogen) atoms. The number of esters is 1. The van der Waals surface area contributed by atoms with Gasteiger partial charge in [0.25, 0.3) is 0 Å². The molecule has 0 spiro atoms. The molecule has 1 rings (SSSR count). The Bertz CT molecular complexity index is 1020. The Morgan fingerprint density at radius 1 is 1.08 bits per heavy atom. The summed E-state index contributed by atoms with van der Waals surface area (Å²) in [5, 5.41) is 5.14. The van der Waals surface area contributed by atoms with Gasteiger partial charge in [0, 0.05) is 13.0 Å². The molecule has 2 atom stereocenters. The molecule has 218 valence electrons. The lowest BCUT2D eigenvalue weighted by molar-refractivity contribution is -0.145. The second-order valence-electron chi connectivity index (χ2n) is 10.5. The lowest BCUT2D eigenvalue weighted by atomic mass is 9.95. The van der Waals surface area contributed by atoms with E-state index in [1.807, 2.05) is 39.0 Å². The summed E-state index contributed by atoms with van der Waals surface area (Å²) in [7, 11) is 1.21. The van der Waals surface area contributed by atoms with Crippen molar-refractivity contribution < 1.29 is 33.4 Å². The van der Waals surface area contributed by atoms with Gasteiger partial charge in [0.15, 0.2) is 0 Å². The molecule has 1 aromatic rings. The molecule has 0 bridgehead atoms. The van der Waals surface area contributed by atoms with Gasteiger partial charge in [-0.3, -0.25) is 19.2 Å². The number of alkyl carbamates (subject to hydrolysis) is 1. The number of nitrogens with one attached hydrogen (secondary N) is 2. The average Bonchev–Trinajstić information content (AvgIpc) is 2.84. The van der Waals surface area contributed by atoms with Gasteiger partial charge in [0.2, 0.25) is 17.7 Å². The summed E-state index contributed by atoms with van der Waals surface area (Å²) in [6.07, 6.45) is 1.16. The molecule has 1 aromatic carbocycles. The van der Waals surface area contributed by atoms with Crippen LogP contribution >= 0.6 is 0 Å². The van der Waals surface area contributed by atoms with E-state index in [2.05, 4.69) is 15.4 Å². The van der Waals surface area contributed by atoms with E-state index < -0.39 is 47.5 Å². The van der Waals surface area contributed by atoms with E-state index in [4.69, 9.17) is 10.5 Å². The molecule has 0 saturated carbocycles. The third kappa shape index (κ3) is 11.7. The van der Waals surface area contributed by atoms with Gasteiger partial charge in [-0.05, 0) is 58.6 Å². The van der Waals surface area contributed by atoms with E-state index in [0.29, 0.717) is 12.0 Å². The Balaban J connectivity index is 3.58. The van der Waals surface area contributed by atoms with Gasteiger partial charge in [-0.25, -0.2) is 4.79 Å². The number of nitrogens with zero attached hydrogens (tertiary/aromatic N) is 1. The van der Waals surface area contributed by atoms with Crippen molar-refractivity contribution in [2.45, 2.75) is 91.3 Å². The van der Waals surface area contributed by atoms with Crippen molar-refractivity contribution in [3.05, 3.63) is 34.9 Å². The highest BCUT2D eigenvalue weighted by atomic mass is 16.6. The minimum atomic E-state index is -1.19. The van der Waals surface area contributed by atoms with Crippen molar-refractivity contribution in [2.75, 3.05) is 20.2 Å². The minimum Gasteiger partial charge on any atom is -0.468 e. The Kier molecular flexibility index (Phi) is 13.4. The molecule has 0 radical (unpaired) electrons. The third-order valence-electron chi connectivity index (χ3n) is 5.88. The minimum absolute atomic E-state index is 0.0824. The van der Waals surface area contributed by atoms with E-state index in [-0.39, 0.29) is 25.9 Å². The first-order valence-electron chi connectivity index (χ1n) is 13.2. The lowest BCUT2D eigenvalue weighted by Gasteiger charge is -2.35. The number of amides is 4. The molecule has 0 saturated heterocycles. The number of carbonyl (C=O) groups excluding carboxylic acids is 5. The lowest BCUT2D eigenvalue weighted by Crippen LogP contribution is -2.53. The van der Waals surface area contributed by atoms with E-state index in [0.717, 1.165) is 24.0 Å². The zero-order chi connectivity index (χ0) is 29.8. The molecule has 4 N–H and O–H groups in total. The monoisotopic (exact) mass is 548 g/mol. The molecule has 11 heteroatoms. The van der Waals surface area contributed by atoms with Gasteiger partial charge in [0.05, 0.1) is 7.11 Å². The molecular formula is C28H44N4O7. The standard InChI is InChI=1S/C28H44N4O7/c1-8-9-10-15-32(26(36)21(13-14-22(29)33)31-27(37)39-28(4,5)6)24(25(35)30-17-23(34)38-7)20-16-18(2)11-12-19(20)3/h11-12,16,21,24H,8-10,13-15,17H2,1-7H3,(H2,29,33)(H,30,35)(H,31,37). The summed E-state index contributed by atoms with van der Waals surface area (Å²) in [5.74, 6) is -2.43. The highest BCUT2D eigenvalue weighted by Crippen LogP contribution is 2.28. The van der Waals surface area contributed by atoms with Crippen LogP contribution in [0.3, 0.4) is 0 Å². The van der Waals surface area contributed by atoms with Gasteiger partial charge in [-0.15, -0.1) is 0 Å². The van der Waals surface area contributed by atoms with Crippen molar-refractivity contribution >= 4 is 29.8 Å². The summed E-state index contributed by atoms with van der Waals surface area (Å²) in [4.78, 5) is 65.1. The number of ether oxygens (including phenoxy) is 2. The number of rotatable bonds is 14. The fourth-order valence-corrected chi connectivity index (χ4v) is 3.93. The SMILES string of the molecule is CCCCCN(C(=O)C(CCC(N)=O)NC(=O)OC(C)(C)C)C(C(=O)NCC(=O)OC)c1cc(C)ccc1C. The van der Waals surface area contributed by atoms with Crippen LogP contribution in [0.25, 0.3) is 0 Å². The van der Waals surface area contributed by atoms with Crippen LogP contribution in [0.15, 0.2) is 18.2 Å². The number of methoxy groups -OCH3 is 1. The molecule has 0 aliphatic carbocycles. The molecule has 0 aromatic heterocycles. The van der Waals surface area contributed by atoms with Crippen LogP contribution in [0.4, 0.5) is 4.79 Å². The van der Waals surface area contributed by atoms with Crippen LogP contribution in [-0.2, 0) is 28.7 Å². The highest BCUT2D eigenvalue weighted by Gasteiger charge is 2.37. The smallest absolute Gasteiger partial charge is 0.408 e. The molecule has 2 unspecified atom stereocenters. The Morgan fingerprint density at radius 2 is 1.74 bits per heavy atom. The molecule has 0 aliphatic rings. The van der Waals surface area contributed by atoms with Gasteiger partial charge in [-0.2, -0.15) is 0 Å². The van der Waals surface area contributed by atoms with E-state index in [9.17, 15) is 24.0 Å². The van der Waals surface area contributed by atoms with E-state index >= 15 is 0 Å². The number of primary amides is 1. The maximum Gasteiger partial charge on any atom is 0.408 e. The fraction of sp³-hybridized carbons (Fsp3) is 0.607. The average molecular weight is 549 g/mol. The second kappa shape index (κ2) is 15.7. The van der Waals surface area contributed by atoms with Gasteiger partial charge >= 0.3 is 12.1 Å². The van der Waals surface area contributed by atoms with Crippen molar-refractivity contribution in [3.63, 3.8) is 0 Å². The summed E-state index contributed by atoms with van der Waals surface area (Å²) < 4.78 is 9.99. The van der Waals surface area contributed by atoms with Crippen molar-refractivity contribution in [1.29, 1.82) is 0 Å². The predicted molar refractivity (Wildman–Crippen MR) is 147 cm³/mol. The second-order valence-corrected chi connectivity index (χ2v) is 10.5. The van der Waals surface area contributed by atoms with Crippen LogP contribution in [0, 0.1) is 13.8 Å². The van der Waals surface area contributed by atoms with Crippen LogP contribution in [0.5, 0.6) is 0 Å². The summed E-state index contributed by atoms with van der Waals surface area (Å²) in [6, 6.07) is 3.26. The first-order chi connectivity index (χ1) is 18.2. The number of aryl methyl sites for hydroxylation is 2.